The Balaban J connectivity index is 1.81. The topological polar surface area (TPSA) is 66.6 Å². The summed E-state index contributed by atoms with van der Waals surface area (Å²) in [5, 5.41) is 9.96. The monoisotopic (exact) mass is 300 g/mol. The van der Waals surface area contributed by atoms with Gasteiger partial charge >= 0.3 is 0 Å². The summed E-state index contributed by atoms with van der Waals surface area (Å²) in [6, 6.07) is 7.22. The lowest BCUT2D eigenvalue weighted by molar-refractivity contribution is 0.0248. The third-order valence-corrected chi connectivity index (χ3v) is 4.30. The number of hydrogen-bond donors (Lipinski definition) is 1. The molecule has 0 aliphatic carbocycles. The van der Waals surface area contributed by atoms with E-state index in [0.29, 0.717) is 35.8 Å². The zero-order valence-corrected chi connectivity index (χ0v) is 12.8. The highest BCUT2D eigenvalue weighted by Gasteiger charge is 2.28. The number of amides is 1. The number of hydrogen-bond acceptors (Lipinski definition) is 4. The standard InChI is InChI=1S/C17H20N2O3/c1-11-7-8-19(10-15(11)20)17(21)13-5-6-14(18-12(13)2)16-4-3-9-22-16/h3-6,9,11,15,20H,7-8,10H2,1-2H3. The molecule has 2 aromatic rings. The van der Waals surface area contributed by atoms with Gasteiger partial charge in [0.15, 0.2) is 5.76 Å². The average Bonchev–Trinajstić information content (AvgIpc) is 3.03. The van der Waals surface area contributed by atoms with E-state index in [9.17, 15) is 9.90 Å². The number of aromatic nitrogens is 1. The first-order valence-electron chi connectivity index (χ1n) is 7.55. The van der Waals surface area contributed by atoms with Gasteiger partial charge in [-0.15, -0.1) is 0 Å². The van der Waals surface area contributed by atoms with Crippen molar-refractivity contribution in [1.29, 1.82) is 0 Å². The lowest BCUT2D eigenvalue weighted by Crippen LogP contribution is -2.46. The van der Waals surface area contributed by atoms with Crippen LogP contribution in [0.1, 0.15) is 29.4 Å². The largest absolute Gasteiger partial charge is 0.463 e. The summed E-state index contributed by atoms with van der Waals surface area (Å²) >= 11 is 0. The summed E-state index contributed by atoms with van der Waals surface area (Å²) in [7, 11) is 0. The maximum absolute atomic E-state index is 12.6. The molecule has 116 valence electrons. The van der Waals surface area contributed by atoms with Crippen LogP contribution in [0.3, 0.4) is 0 Å². The van der Waals surface area contributed by atoms with Gasteiger partial charge in [-0.05, 0) is 43.5 Å². The summed E-state index contributed by atoms with van der Waals surface area (Å²) < 4.78 is 5.33. The van der Waals surface area contributed by atoms with Crippen molar-refractivity contribution in [3.8, 4) is 11.5 Å². The van der Waals surface area contributed by atoms with Gasteiger partial charge < -0.3 is 14.4 Å². The second-order valence-corrected chi connectivity index (χ2v) is 5.89. The number of rotatable bonds is 2. The molecule has 2 unspecified atom stereocenters. The molecule has 1 saturated heterocycles. The molecule has 1 fully saturated rings. The number of nitrogens with zero attached hydrogens (tertiary/aromatic N) is 2. The van der Waals surface area contributed by atoms with E-state index in [4.69, 9.17) is 4.42 Å². The number of furan rings is 1. The lowest BCUT2D eigenvalue weighted by Gasteiger charge is -2.34. The molecule has 1 aliphatic heterocycles. The minimum atomic E-state index is -0.451. The Bertz CT molecular complexity index is 667. The van der Waals surface area contributed by atoms with E-state index in [1.54, 1.807) is 23.3 Å². The van der Waals surface area contributed by atoms with E-state index in [-0.39, 0.29) is 11.8 Å². The predicted octanol–water partition coefficient (Wildman–Crippen LogP) is 2.49. The molecule has 0 saturated carbocycles. The van der Waals surface area contributed by atoms with Crippen molar-refractivity contribution in [3.63, 3.8) is 0 Å². The van der Waals surface area contributed by atoms with Gasteiger partial charge in [-0.1, -0.05) is 6.92 Å². The fraction of sp³-hybridized carbons (Fsp3) is 0.412. The number of β-amino-alcohol motifs (C(OH)–C–C–N with tert-alkyl or cyclic N) is 1. The molecule has 5 heteroatoms. The Morgan fingerprint density at radius 2 is 2.23 bits per heavy atom. The van der Waals surface area contributed by atoms with Crippen LogP contribution in [0.2, 0.25) is 0 Å². The van der Waals surface area contributed by atoms with Crippen molar-refractivity contribution in [3.05, 3.63) is 41.8 Å². The molecule has 0 radical (unpaired) electrons. The van der Waals surface area contributed by atoms with Crippen molar-refractivity contribution < 1.29 is 14.3 Å². The van der Waals surface area contributed by atoms with Crippen molar-refractivity contribution in [2.45, 2.75) is 26.4 Å². The number of carbonyl (C=O) groups excluding carboxylic acids is 1. The van der Waals surface area contributed by atoms with Crippen LogP contribution < -0.4 is 0 Å². The zero-order valence-electron chi connectivity index (χ0n) is 12.8. The highest BCUT2D eigenvalue weighted by atomic mass is 16.3. The van der Waals surface area contributed by atoms with Crippen LogP contribution >= 0.6 is 0 Å². The van der Waals surface area contributed by atoms with Crippen LogP contribution in [0.4, 0.5) is 0 Å². The highest BCUT2D eigenvalue weighted by molar-refractivity contribution is 5.95. The molecular weight excluding hydrogens is 280 g/mol. The minimum Gasteiger partial charge on any atom is -0.463 e. The summed E-state index contributed by atoms with van der Waals surface area (Å²) in [6.45, 7) is 4.90. The molecule has 3 heterocycles. The number of pyridine rings is 1. The third-order valence-electron chi connectivity index (χ3n) is 4.30. The second kappa shape index (κ2) is 5.93. The summed E-state index contributed by atoms with van der Waals surface area (Å²) in [5.74, 6) is 0.857. The molecule has 5 nitrogen and oxygen atoms in total. The van der Waals surface area contributed by atoms with Crippen LogP contribution in [0.5, 0.6) is 0 Å². The molecule has 2 atom stereocenters. The van der Waals surface area contributed by atoms with Crippen LogP contribution in [0.15, 0.2) is 34.9 Å². The first-order chi connectivity index (χ1) is 10.6. The van der Waals surface area contributed by atoms with E-state index in [2.05, 4.69) is 4.98 Å². The van der Waals surface area contributed by atoms with Crippen molar-refractivity contribution in [1.82, 2.24) is 9.88 Å². The maximum Gasteiger partial charge on any atom is 0.255 e. The van der Waals surface area contributed by atoms with E-state index in [1.165, 1.54) is 0 Å². The molecule has 0 spiro atoms. The van der Waals surface area contributed by atoms with Crippen molar-refractivity contribution in [2.24, 2.45) is 5.92 Å². The van der Waals surface area contributed by atoms with Gasteiger partial charge in [0.1, 0.15) is 5.69 Å². The Labute approximate surface area is 129 Å². The number of aliphatic hydroxyl groups excluding tert-OH is 1. The Hall–Kier alpha value is -2.14. The number of carbonyl (C=O) groups is 1. The minimum absolute atomic E-state index is 0.0676. The molecule has 0 bridgehead atoms. The van der Waals surface area contributed by atoms with Crippen molar-refractivity contribution >= 4 is 5.91 Å². The van der Waals surface area contributed by atoms with E-state index in [1.807, 2.05) is 26.0 Å². The Kier molecular flexibility index (Phi) is 3.98. The van der Waals surface area contributed by atoms with Gasteiger partial charge in [0, 0.05) is 13.1 Å². The molecular formula is C17H20N2O3. The highest BCUT2D eigenvalue weighted by Crippen LogP contribution is 2.22. The fourth-order valence-corrected chi connectivity index (χ4v) is 2.75. The van der Waals surface area contributed by atoms with E-state index in [0.717, 1.165) is 6.42 Å². The van der Waals surface area contributed by atoms with E-state index < -0.39 is 6.10 Å². The third kappa shape index (κ3) is 2.76. The van der Waals surface area contributed by atoms with Crippen molar-refractivity contribution in [2.75, 3.05) is 13.1 Å². The summed E-state index contributed by atoms with van der Waals surface area (Å²) in [4.78, 5) is 18.8. The SMILES string of the molecule is Cc1nc(-c2ccco2)ccc1C(=O)N1CCC(C)C(O)C1. The van der Waals surface area contributed by atoms with Crippen LogP contribution in [-0.2, 0) is 0 Å². The Morgan fingerprint density at radius 1 is 1.41 bits per heavy atom. The van der Waals surface area contributed by atoms with Gasteiger partial charge in [-0.3, -0.25) is 4.79 Å². The molecule has 1 aliphatic rings. The maximum atomic E-state index is 12.6. The second-order valence-electron chi connectivity index (χ2n) is 5.89. The normalized spacial score (nSPS) is 21.9. The molecule has 2 aromatic heterocycles. The number of piperidine rings is 1. The van der Waals surface area contributed by atoms with Gasteiger partial charge in [-0.25, -0.2) is 4.98 Å². The lowest BCUT2D eigenvalue weighted by atomic mass is 9.95. The van der Waals surface area contributed by atoms with Gasteiger partial charge in [-0.2, -0.15) is 0 Å². The van der Waals surface area contributed by atoms with E-state index >= 15 is 0 Å². The van der Waals surface area contributed by atoms with Gasteiger partial charge in [0.25, 0.3) is 5.91 Å². The fourth-order valence-electron chi connectivity index (χ4n) is 2.75. The average molecular weight is 300 g/mol. The molecule has 3 rings (SSSR count). The molecule has 1 amide bonds. The molecule has 0 aromatic carbocycles. The quantitative estimate of drug-likeness (QED) is 0.925. The number of likely N-dealkylation sites (tertiary alicyclic amines) is 1. The van der Waals surface area contributed by atoms with Gasteiger partial charge in [0.05, 0.1) is 23.6 Å². The van der Waals surface area contributed by atoms with Crippen LogP contribution in [0, 0.1) is 12.8 Å². The molecule has 1 N–H and O–H groups in total. The summed E-state index contributed by atoms with van der Waals surface area (Å²) in [5.41, 5.74) is 1.97. The van der Waals surface area contributed by atoms with Crippen LogP contribution in [-0.4, -0.2) is 40.1 Å². The van der Waals surface area contributed by atoms with Crippen LogP contribution in [0.25, 0.3) is 11.5 Å². The molecule has 22 heavy (non-hydrogen) atoms. The first kappa shape index (κ1) is 14.8. The summed E-state index contributed by atoms with van der Waals surface area (Å²) in [6.07, 6.45) is 1.97. The Morgan fingerprint density at radius 3 is 2.86 bits per heavy atom. The zero-order chi connectivity index (χ0) is 15.7. The predicted molar refractivity (Wildman–Crippen MR) is 82.4 cm³/mol. The smallest absolute Gasteiger partial charge is 0.255 e. The first-order valence-corrected chi connectivity index (χ1v) is 7.55. The number of aryl methyl sites for hydroxylation is 1. The van der Waals surface area contributed by atoms with Gasteiger partial charge in [0.2, 0.25) is 0 Å². The number of aliphatic hydroxyl groups is 1.